The van der Waals surface area contributed by atoms with Gasteiger partial charge in [-0.1, -0.05) is 19.1 Å². The van der Waals surface area contributed by atoms with Gasteiger partial charge in [0, 0.05) is 104 Å². The highest BCUT2D eigenvalue weighted by molar-refractivity contribution is 6.06. The summed E-state index contributed by atoms with van der Waals surface area (Å²) in [6, 6.07) is 18.5. The molecule has 0 radical (unpaired) electrons. The van der Waals surface area contributed by atoms with Crippen LogP contribution in [-0.4, -0.2) is 115 Å². The van der Waals surface area contributed by atoms with Crippen molar-refractivity contribution in [2.45, 2.75) is 70.4 Å². The molecule has 8 N–H and O–H groups in total. The maximum Gasteiger partial charge on any atom is 0.328 e. The van der Waals surface area contributed by atoms with E-state index in [1.165, 1.54) is 0 Å². The fourth-order valence-corrected chi connectivity index (χ4v) is 10.5. The molecule has 64 heavy (non-hydrogen) atoms. The minimum Gasteiger partial charge on any atom is -0.507 e. The smallest absolute Gasteiger partial charge is 0.328 e. The van der Waals surface area contributed by atoms with Gasteiger partial charge in [-0.2, -0.15) is 0 Å². The Morgan fingerprint density at radius 2 is 1.62 bits per heavy atom. The minimum atomic E-state index is -0.391. The number of para-hydroxylation sites is 1. The molecule has 15 nitrogen and oxygen atoms in total. The van der Waals surface area contributed by atoms with Crippen LogP contribution in [0.25, 0.3) is 16.6 Å². The summed E-state index contributed by atoms with van der Waals surface area (Å²) in [5, 5.41) is 13.8. The largest absolute Gasteiger partial charge is 0.507 e. The Kier molecular flexibility index (Phi) is 12.3. The standard InChI is InChI=1S/C48H61FN10O5/c1-3-54(27-46-63-28-36(29-64-46)58-23-30(2)38-20-32(11-13-41(38)58)57-19-16-45(61)53-48(57)62)24-31-14-17-55(18-15-31)42-21-33(10-12-39(42)49)59-34-8-9-35(59)26-56(25-34)43(47(51)52)22-40(50)37-6-4-5-7-44(37)60/h4-7,10-13,20-23,31,34-36,46,60H,3,8-9,14-19,24-29,50-52H2,1-2H3,(H,53,61,62)/b40-22-. The van der Waals surface area contributed by atoms with E-state index in [1.54, 1.807) is 35.2 Å². The van der Waals surface area contributed by atoms with E-state index >= 15 is 4.39 Å². The number of hydrogen-bond donors (Lipinski definition) is 5. The number of aryl methyl sites for hydroxylation is 1. The third kappa shape index (κ3) is 8.78. The van der Waals surface area contributed by atoms with Crippen molar-refractivity contribution in [1.29, 1.82) is 0 Å². The zero-order valence-electron chi connectivity index (χ0n) is 36.8. The van der Waals surface area contributed by atoms with Gasteiger partial charge in [0.15, 0.2) is 6.29 Å². The number of nitrogens with two attached hydrogens (primary N) is 3. The van der Waals surface area contributed by atoms with Crippen LogP contribution in [0.2, 0.25) is 0 Å². The Morgan fingerprint density at radius 1 is 0.906 bits per heavy atom. The summed E-state index contributed by atoms with van der Waals surface area (Å²) in [5.41, 5.74) is 25.0. The minimum absolute atomic E-state index is 0.0113. The summed E-state index contributed by atoms with van der Waals surface area (Å²) in [6.07, 6.45) is 7.76. The third-order valence-electron chi connectivity index (χ3n) is 13.9. The van der Waals surface area contributed by atoms with Gasteiger partial charge in [-0.15, -0.1) is 0 Å². The first kappa shape index (κ1) is 43.3. The highest BCUT2D eigenvalue weighted by Gasteiger charge is 2.41. The lowest BCUT2D eigenvalue weighted by molar-refractivity contribution is -0.203. The lowest BCUT2D eigenvalue weighted by atomic mass is 9.95. The quantitative estimate of drug-likeness (QED) is 0.119. The molecule has 5 fully saturated rings. The zero-order chi connectivity index (χ0) is 44.6. The zero-order valence-corrected chi connectivity index (χ0v) is 36.8. The van der Waals surface area contributed by atoms with Crippen molar-refractivity contribution in [2.75, 3.05) is 80.3 Å². The Hall–Kier alpha value is -5.97. The number of carbonyl (C=O) groups is 2. The van der Waals surface area contributed by atoms with Gasteiger partial charge >= 0.3 is 6.03 Å². The van der Waals surface area contributed by atoms with Crippen molar-refractivity contribution >= 4 is 45.6 Å². The highest BCUT2D eigenvalue weighted by atomic mass is 19.1. The number of allylic oxidation sites excluding steroid dienone is 1. The van der Waals surface area contributed by atoms with Crippen molar-refractivity contribution in [3.63, 3.8) is 0 Å². The van der Waals surface area contributed by atoms with Gasteiger partial charge in [-0.3, -0.25) is 19.9 Å². The predicted molar refractivity (Wildman–Crippen MR) is 247 cm³/mol. The number of amides is 3. The molecule has 0 aliphatic carbocycles. The van der Waals surface area contributed by atoms with E-state index in [1.807, 2.05) is 36.4 Å². The average Bonchev–Trinajstić information content (AvgIpc) is 3.76. The van der Waals surface area contributed by atoms with E-state index in [-0.39, 0.29) is 54.1 Å². The number of nitrogens with zero attached hydrogens (tertiary/aromatic N) is 6. The number of anilines is 3. The maximum atomic E-state index is 15.6. The maximum absolute atomic E-state index is 15.6. The topological polar surface area (TPSA) is 184 Å². The van der Waals surface area contributed by atoms with Crippen LogP contribution in [-0.2, 0) is 14.3 Å². The van der Waals surface area contributed by atoms with E-state index in [4.69, 9.17) is 26.7 Å². The Morgan fingerprint density at radius 3 is 2.31 bits per heavy atom. The van der Waals surface area contributed by atoms with Crippen LogP contribution < -0.4 is 37.2 Å². The van der Waals surface area contributed by atoms with Crippen LogP contribution >= 0.6 is 0 Å². The summed E-state index contributed by atoms with van der Waals surface area (Å²) >= 11 is 0. The fraction of sp³-hybridized carbons (Fsp3) is 0.458. The number of piperazine rings is 1. The number of likely N-dealkylation sites (tertiary alicyclic amines) is 1. The first-order valence-corrected chi connectivity index (χ1v) is 22.7. The second kappa shape index (κ2) is 18.3. The molecule has 2 atom stereocenters. The number of benzene rings is 3. The van der Waals surface area contributed by atoms with Crippen LogP contribution in [0.15, 0.2) is 84.5 Å². The van der Waals surface area contributed by atoms with Crippen LogP contribution in [0, 0.1) is 18.7 Å². The highest BCUT2D eigenvalue weighted by Crippen LogP contribution is 2.40. The Balaban J connectivity index is 0.772. The van der Waals surface area contributed by atoms with Gasteiger partial charge in [0.1, 0.15) is 17.4 Å². The normalized spacial score (nSPS) is 23.3. The number of ether oxygens (including phenoxy) is 2. The number of phenols is 1. The molecule has 16 heteroatoms. The second-order valence-corrected chi connectivity index (χ2v) is 18.0. The molecular weight excluding hydrogens is 816 g/mol. The molecule has 2 bridgehead atoms. The first-order valence-electron chi connectivity index (χ1n) is 22.7. The summed E-state index contributed by atoms with van der Waals surface area (Å²) in [6.45, 7) is 11.1. The number of aromatic nitrogens is 1. The first-order chi connectivity index (χ1) is 30.9. The number of halogens is 1. The lowest BCUT2D eigenvalue weighted by Crippen LogP contribution is -2.54. The molecule has 9 rings (SSSR count). The number of hydrogen-bond acceptors (Lipinski definition) is 12. The summed E-state index contributed by atoms with van der Waals surface area (Å²) in [4.78, 5) is 35.0. The van der Waals surface area contributed by atoms with Crippen molar-refractivity contribution in [2.24, 2.45) is 23.1 Å². The molecule has 0 saturated carbocycles. The van der Waals surface area contributed by atoms with E-state index < -0.39 is 6.03 Å². The van der Waals surface area contributed by atoms with Crippen molar-refractivity contribution < 1.29 is 28.6 Å². The number of fused-ring (bicyclic) bond motifs is 3. The Labute approximate surface area is 373 Å². The van der Waals surface area contributed by atoms with Crippen molar-refractivity contribution in [1.82, 2.24) is 19.7 Å². The van der Waals surface area contributed by atoms with E-state index in [0.717, 1.165) is 79.7 Å². The fourth-order valence-electron chi connectivity index (χ4n) is 10.5. The predicted octanol–water partition coefficient (Wildman–Crippen LogP) is 5.13. The second-order valence-electron chi connectivity index (χ2n) is 18.0. The molecule has 5 aliphatic rings. The summed E-state index contributed by atoms with van der Waals surface area (Å²) < 4.78 is 30.5. The SMILES string of the molecule is CCN(CC1CCN(c2cc(N3C4CCC3CN(C(/C=C(\N)c3ccccc3O)=C(N)N)C4)ccc2F)CC1)CC1OCC(n2cc(C)c3cc(N4CCC(=O)NC4=O)ccc32)CO1. The van der Waals surface area contributed by atoms with Gasteiger partial charge < -0.3 is 51.0 Å². The molecular formula is C48H61FN10O5. The van der Waals surface area contributed by atoms with E-state index in [9.17, 15) is 14.7 Å². The Bertz CT molecular complexity index is 2420. The van der Waals surface area contributed by atoms with Crippen molar-refractivity contribution in [3.05, 3.63) is 101 Å². The number of nitrogens with one attached hydrogen (secondary N) is 1. The van der Waals surface area contributed by atoms with Gasteiger partial charge in [0.2, 0.25) is 5.91 Å². The van der Waals surface area contributed by atoms with E-state index in [0.29, 0.717) is 68.0 Å². The van der Waals surface area contributed by atoms with Crippen molar-refractivity contribution in [3.8, 4) is 5.75 Å². The number of urea groups is 1. The molecule has 0 spiro atoms. The molecule has 2 unspecified atom stereocenters. The molecule has 4 aromatic rings. The molecule has 3 aromatic carbocycles. The van der Waals surface area contributed by atoms with Crippen LogP contribution in [0.5, 0.6) is 5.75 Å². The van der Waals surface area contributed by atoms with Gasteiger partial charge in [-0.05, 0) is 105 Å². The third-order valence-corrected chi connectivity index (χ3v) is 13.9. The molecule has 3 amide bonds. The number of likely N-dealkylation sites (N-methyl/N-ethyl adjacent to an activating group) is 1. The lowest BCUT2D eigenvalue weighted by Gasteiger charge is -2.44. The summed E-state index contributed by atoms with van der Waals surface area (Å²) in [5.74, 6) is 0.298. The van der Waals surface area contributed by atoms with Crippen LogP contribution in [0.3, 0.4) is 0 Å². The van der Waals surface area contributed by atoms with Gasteiger partial charge in [0.25, 0.3) is 0 Å². The average molecular weight is 877 g/mol. The molecule has 340 valence electrons. The number of imide groups is 1. The number of phenolic OH excluding ortho intramolecular Hbond substituents is 1. The number of aromatic hydroxyl groups is 1. The van der Waals surface area contributed by atoms with Gasteiger partial charge in [0.05, 0.1) is 30.6 Å². The summed E-state index contributed by atoms with van der Waals surface area (Å²) in [7, 11) is 0. The molecule has 5 saturated heterocycles. The number of rotatable bonds is 12. The van der Waals surface area contributed by atoms with Crippen LogP contribution in [0.1, 0.15) is 56.2 Å². The molecule has 1 aromatic heterocycles. The van der Waals surface area contributed by atoms with Gasteiger partial charge in [-0.25, -0.2) is 9.18 Å². The number of piperidine rings is 1. The number of carbonyl (C=O) groups excluding carboxylic acids is 2. The van der Waals surface area contributed by atoms with Crippen LogP contribution in [0.4, 0.5) is 26.2 Å². The van der Waals surface area contributed by atoms with E-state index in [2.05, 4.69) is 49.5 Å². The molecule has 5 aliphatic heterocycles. The monoisotopic (exact) mass is 876 g/mol. The molecule has 6 heterocycles.